The van der Waals surface area contributed by atoms with Crippen LogP contribution in [0.3, 0.4) is 0 Å². The minimum Gasteiger partial charge on any atom is -0.369 e. The number of carbonyl (C=O) groups is 1. The number of benzene rings is 2. The summed E-state index contributed by atoms with van der Waals surface area (Å²) in [5, 5.41) is 0. The van der Waals surface area contributed by atoms with Gasteiger partial charge in [-0.1, -0.05) is 58.4 Å². The smallest absolute Gasteiger partial charge is 0.227 e. The second-order valence-corrected chi connectivity index (χ2v) is 7.75. The fourth-order valence-corrected chi connectivity index (χ4v) is 3.52. The lowest BCUT2D eigenvalue weighted by Crippen LogP contribution is -2.56. The van der Waals surface area contributed by atoms with Gasteiger partial charge in [0.2, 0.25) is 5.91 Å². The summed E-state index contributed by atoms with van der Waals surface area (Å²) in [5.41, 5.74) is 1.84. The number of rotatable bonds is 3. The van der Waals surface area contributed by atoms with E-state index in [1.807, 2.05) is 47.4 Å². The van der Waals surface area contributed by atoms with Gasteiger partial charge in [0, 0.05) is 4.47 Å². The van der Waals surface area contributed by atoms with Gasteiger partial charge in [-0.2, -0.15) is 0 Å². The van der Waals surface area contributed by atoms with E-state index in [1.165, 1.54) is 0 Å². The molecule has 1 amide bonds. The summed E-state index contributed by atoms with van der Waals surface area (Å²) >= 11 is 3.47. The van der Waals surface area contributed by atoms with Crippen LogP contribution in [0.5, 0.6) is 0 Å². The first-order chi connectivity index (χ1) is 11.5. The number of nitrogens with zero attached hydrogens (tertiary/aromatic N) is 1. The molecule has 0 aliphatic carbocycles. The second kappa shape index (κ2) is 7.08. The maximum Gasteiger partial charge on any atom is 0.227 e. The van der Waals surface area contributed by atoms with Crippen LogP contribution in [0, 0.1) is 0 Å². The molecule has 1 atom stereocenters. The van der Waals surface area contributed by atoms with Crippen molar-refractivity contribution in [2.75, 3.05) is 13.2 Å². The van der Waals surface area contributed by atoms with Gasteiger partial charge in [0.1, 0.15) is 6.10 Å². The Labute approximate surface area is 151 Å². The molecule has 2 aromatic carbocycles. The van der Waals surface area contributed by atoms with Gasteiger partial charge in [0.15, 0.2) is 0 Å². The van der Waals surface area contributed by atoms with Crippen LogP contribution in [0.4, 0.5) is 0 Å². The molecule has 1 fully saturated rings. The zero-order chi connectivity index (χ0) is 17.2. The highest BCUT2D eigenvalue weighted by atomic mass is 79.9. The number of morpholine rings is 1. The molecule has 24 heavy (non-hydrogen) atoms. The van der Waals surface area contributed by atoms with E-state index in [-0.39, 0.29) is 17.6 Å². The zero-order valence-electron chi connectivity index (χ0n) is 14.0. The van der Waals surface area contributed by atoms with E-state index in [0.717, 1.165) is 15.6 Å². The lowest BCUT2D eigenvalue weighted by Gasteiger charge is -2.45. The van der Waals surface area contributed by atoms with Gasteiger partial charge in [-0.3, -0.25) is 4.79 Å². The first-order valence-corrected chi connectivity index (χ1v) is 8.96. The van der Waals surface area contributed by atoms with Gasteiger partial charge in [0.25, 0.3) is 0 Å². The Bertz CT molecular complexity index is 715. The van der Waals surface area contributed by atoms with Crippen molar-refractivity contribution in [2.24, 2.45) is 0 Å². The van der Waals surface area contributed by atoms with Crippen LogP contribution in [0.15, 0.2) is 59.1 Å². The van der Waals surface area contributed by atoms with Crippen LogP contribution < -0.4 is 0 Å². The van der Waals surface area contributed by atoms with Crippen molar-refractivity contribution in [2.45, 2.75) is 31.9 Å². The van der Waals surface area contributed by atoms with Crippen LogP contribution in [0.2, 0.25) is 0 Å². The standard InChI is InChI=1S/C20H22BrNO2/c1-20(2)14-24-18(16-8-4-3-5-9-16)13-22(20)19(23)12-15-7-6-10-17(21)11-15/h3-11,18H,12-14H2,1-2H3. The average Bonchev–Trinajstić information content (AvgIpc) is 2.55. The van der Waals surface area contributed by atoms with Crippen molar-refractivity contribution < 1.29 is 9.53 Å². The predicted octanol–water partition coefficient (Wildman–Crippen LogP) is 4.37. The fourth-order valence-electron chi connectivity index (χ4n) is 3.07. The summed E-state index contributed by atoms with van der Waals surface area (Å²) in [6.07, 6.45) is 0.343. The molecule has 126 valence electrons. The summed E-state index contributed by atoms with van der Waals surface area (Å²) in [5.74, 6) is 0.141. The van der Waals surface area contributed by atoms with Crippen molar-refractivity contribution in [1.82, 2.24) is 4.90 Å². The van der Waals surface area contributed by atoms with E-state index in [2.05, 4.69) is 41.9 Å². The van der Waals surface area contributed by atoms with Crippen molar-refractivity contribution in [1.29, 1.82) is 0 Å². The number of carbonyl (C=O) groups excluding carboxylic acids is 1. The summed E-state index contributed by atoms with van der Waals surface area (Å²) in [6.45, 7) is 5.25. The molecule has 1 saturated heterocycles. The largest absolute Gasteiger partial charge is 0.369 e. The molecule has 4 heteroatoms. The lowest BCUT2D eigenvalue weighted by molar-refractivity contribution is -0.154. The Morgan fingerprint density at radius 1 is 1.21 bits per heavy atom. The highest BCUT2D eigenvalue weighted by molar-refractivity contribution is 9.10. The molecule has 1 unspecified atom stereocenters. The third-order valence-electron chi connectivity index (χ3n) is 4.43. The first kappa shape index (κ1) is 17.2. The number of hydrogen-bond donors (Lipinski definition) is 0. The number of amides is 1. The van der Waals surface area contributed by atoms with E-state index in [1.54, 1.807) is 0 Å². The molecule has 1 aliphatic heterocycles. The normalized spacial score (nSPS) is 20.0. The fraction of sp³-hybridized carbons (Fsp3) is 0.350. The van der Waals surface area contributed by atoms with Crippen LogP contribution >= 0.6 is 15.9 Å². The zero-order valence-corrected chi connectivity index (χ0v) is 15.6. The van der Waals surface area contributed by atoms with E-state index in [0.29, 0.717) is 19.6 Å². The number of hydrogen-bond acceptors (Lipinski definition) is 2. The van der Waals surface area contributed by atoms with Gasteiger partial charge in [0.05, 0.1) is 25.1 Å². The highest BCUT2D eigenvalue weighted by Crippen LogP contribution is 2.30. The average molecular weight is 388 g/mol. The minimum absolute atomic E-state index is 0.0642. The Morgan fingerprint density at radius 3 is 2.67 bits per heavy atom. The Hall–Kier alpha value is -1.65. The van der Waals surface area contributed by atoms with Gasteiger partial charge in [-0.25, -0.2) is 0 Å². The molecule has 1 heterocycles. The van der Waals surface area contributed by atoms with Gasteiger partial charge >= 0.3 is 0 Å². The molecular formula is C20H22BrNO2. The SMILES string of the molecule is CC1(C)COC(c2ccccc2)CN1C(=O)Cc1cccc(Br)c1. The van der Waals surface area contributed by atoms with E-state index < -0.39 is 0 Å². The molecule has 1 aliphatic rings. The van der Waals surface area contributed by atoms with Crippen LogP contribution in [-0.2, 0) is 16.0 Å². The summed E-state index contributed by atoms with van der Waals surface area (Å²) < 4.78 is 7.02. The Morgan fingerprint density at radius 2 is 1.96 bits per heavy atom. The quantitative estimate of drug-likeness (QED) is 0.782. The van der Waals surface area contributed by atoms with Gasteiger partial charge in [-0.05, 0) is 37.1 Å². The molecule has 0 bridgehead atoms. The molecular weight excluding hydrogens is 366 g/mol. The van der Waals surface area contributed by atoms with Crippen LogP contribution in [-0.4, -0.2) is 29.5 Å². The molecule has 3 rings (SSSR count). The maximum absolute atomic E-state index is 12.9. The third kappa shape index (κ3) is 3.87. The molecule has 2 aromatic rings. The van der Waals surface area contributed by atoms with Gasteiger partial charge < -0.3 is 9.64 Å². The second-order valence-electron chi connectivity index (χ2n) is 6.83. The maximum atomic E-state index is 12.9. The summed E-state index contributed by atoms with van der Waals surface area (Å²) in [6, 6.07) is 18.0. The Kier molecular flexibility index (Phi) is 5.07. The molecule has 3 nitrogen and oxygen atoms in total. The molecule has 0 saturated carbocycles. The van der Waals surface area contributed by atoms with Crippen molar-refractivity contribution in [3.05, 3.63) is 70.2 Å². The van der Waals surface area contributed by atoms with Crippen molar-refractivity contribution in [3.8, 4) is 0 Å². The monoisotopic (exact) mass is 387 g/mol. The number of ether oxygens (including phenoxy) is 1. The first-order valence-electron chi connectivity index (χ1n) is 8.17. The van der Waals surface area contributed by atoms with E-state index >= 15 is 0 Å². The summed E-state index contributed by atoms with van der Waals surface area (Å²) in [4.78, 5) is 14.9. The highest BCUT2D eigenvalue weighted by Gasteiger charge is 2.38. The molecule has 0 radical (unpaired) electrons. The van der Waals surface area contributed by atoms with Crippen molar-refractivity contribution in [3.63, 3.8) is 0 Å². The molecule has 0 N–H and O–H groups in total. The topological polar surface area (TPSA) is 29.5 Å². The van der Waals surface area contributed by atoms with Crippen LogP contribution in [0.1, 0.15) is 31.1 Å². The predicted molar refractivity (Wildman–Crippen MR) is 98.8 cm³/mol. The van der Waals surface area contributed by atoms with E-state index in [4.69, 9.17) is 4.74 Å². The van der Waals surface area contributed by atoms with E-state index in [9.17, 15) is 4.79 Å². The molecule has 0 spiro atoms. The third-order valence-corrected chi connectivity index (χ3v) is 4.93. The van der Waals surface area contributed by atoms with Gasteiger partial charge in [-0.15, -0.1) is 0 Å². The minimum atomic E-state index is -0.297. The number of halogens is 1. The summed E-state index contributed by atoms with van der Waals surface area (Å²) in [7, 11) is 0. The Balaban J connectivity index is 1.77. The van der Waals surface area contributed by atoms with Crippen LogP contribution in [0.25, 0.3) is 0 Å². The van der Waals surface area contributed by atoms with Crippen molar-refractivity contribution >= 4 is 21.8 Å². The lowest BCUT2D eigenvalue weighted by atomic mass is 9.97. The molecule has 0 aromatic heterocycles.